The normalized spacial score (nSPS) is 28.8. The average molecular weight is 275 g/mol. The second kappa shape index (κ2) is 5.48. The molecule has 0 spiro atoms. The summed E-state index contributed by atoms with van der Waals surface area (Å²) in [4.78, 5) is 23.3. The summed E-state index contributed by atoms with van der Waals surface area (Å²) in [5.41, 5.74) is 4.27. The van der Waals surface area contributed by atoms with E-state index in [1.165, 1.54) is 0 Å². The number of nitrogens with two attached hydrogens (primary N) is 1. The van der Waals surface area contributed by atoms with Crippen LogP contribution in [-0.4, -0.2) is 33.8 Å². The summed E-state index contributed by atoms with van der Waals surface area (Å²) in [6.45, 7) is 5.32. The predicted molar refractivity (Wildman–Crippen MR) is 70.2 cm³/mol. The average Bonchev–Trinajstić information content (AvgIpc) is 2.13. The van der Waals surface area contributed by atoms with Crippen LogP contribution in [0.15, 0.2) is 0 Å². The molecular formula is C12H21NO4S. The topological polar surface area (TPSA) is 89.6 Å². The van der Waals surface area contributed by atoms with Gasteiger partial charge in [0.1, 0.15) is 5.60 Å². The lowest BCUT2D eigenvalue weighted by molar-refractivity contribution is -0.172. The summed E-state index contributed by atoms with van der Waals surface area (Å²) in [5, 5.41) is 8.81. The molecule has 1 aliphatic heterocycles. The molecule has 1 fully saturated rings. The van der Waals surface area contributed by atoms with Crippen molar-refractivity contribution < 1.29 is 19.4 Å². The van der Waals surface area contributed by atoms with E-state index in [9.17, 15) is 9.59 Å². The molecule has 6 heteroatoms. The third-order valence-electron chi connectivity index (χ3n) is 2.83. The van der Waals surface area contributed by atoms with Crippen LogP contribution in [0, 0.1) is 5.41 Å². The maximum atomic E-state index is 12.3. The van der Waals surface area contributed by atoms with Gasteiger partial charge >= 0.3 is 11.9 Å². The molecule has 1 rings (SSSR count). The minimum absolute atomic E-state index is 0.203. The van der Waals surface area contributed by atoms with Gasteiger partial charge in [-0.05, 0) is 39.4 Å². The fraction of sp³-hybridized carbons (Fsp3) is 0.833. The molecule has 2 unspecified atom stereocenters. The molecule has 2 atom stereocenters. The maximum absolute atomic E-state index is 12.3. The summed E-state index contributed by atoms with van der Waals surface area (Å²) in [5.74, 6) is -0.735. The third-order valence-corrected chi connectivity index (χ3v) is 3.86. The minimum atomic E-state index is -0.986. The Morgan fingerprint density at radius 2 is 2.11 bits per heavy atom. The summed E-state index contributed by atoms with van der Waals surface area (Å²) < 4.78 is 5.36. The first kappa shape index (κ1) is 15.3. The predicted octanol–water partition coefficient (Wildman–Crippen LogP) is 1.60. The highest BCUT2D eigenvalue weighted by molar-refractivity contribution is 7.99. The number of carboxylic acids is 1. The van der Waals surface area contributed by atoms with Crippen LogP contribution >= 0.6 is 11.8 Å². The number of hydrogen-bond donors (Lipinski definition) is 2. The second-order valence-electron chi connectivity index (χ2n) is 5.72. The van der Waals surface area contributed by atoms with E-state index in [4.69, 9.17) is 15.6 Å². The fourth-order valence-corrected chi connectivity index (χ4v) is 3.29. The van der Waals surface area contributed by atoms with Gasteiger partial charge in [-0.2, -0.15) is 0 Å². The number of rotatable bonds is 3. The Bertz CT molecular complexity index is 339. The molecule has 1 heterocycles. The van der Waals surface area contributed by atoms with Crippen LogP contribution in [0.4, 0.5) is 0 Å². The smallest absolute Gasteiger partial charge is 0.313 e. The number of carbonyl (C=O) groups is 2. The molecule has 18 heavy (non-hydrogen) atoms. The number of esters is 1. The number of carboxylic acid groups (broad SMARTS) is 1. The van der Waals surface area contributed by atoms with E-state index >= 15 is 0 Å². The van der Waals surface area contributed by atoms with E-state index in [0.717, 1.165) is 0 Å². The number of hydrogen-bond acceptors (Lipinski definition) is 5. The maximum Gasteiger partial charge on any atom is 0.313 e. The van der Waals surface area contributed by atoms with Gasteiger partial charge in [0.25, 0.3) is 0 Å². The van der Waals surface area contributed by atoms with Crippen molar-refractivity contribution in [2.24, 2.45) is 11.1 Å². The van der Waals surface area contributed by atoms with Crippen LogP contribution in [-0.2, 0) is 14.3 Å². The third kappa shape index (κ3) is 4.17. The molecule has 0 aromatic carbocycles. The molecule has 1 aliphatic rings. The lowest BCUT2D eigenvalue weighted by Crippen LogP contribution is -2.45. The van der Waals surface area contributed by atoms with Gasteiger partial charge in [-0.15, -0.1) is 11.8 Å². The van der Waals surface area contributed by atoms with E-state index in [-0.39, 0.29) is 11.8 Å². The highest BCUT2D eigenvalue weighted by atomic mass is 32.2. The summed E-state index contributed by atoms with van der Waals surface area (Å²) in [7, 11) is 0. The standard InChI is InChI=1S/C12H21NO4S/c1-11(2,3)17-10(16)12(7-9(14)15)4-5-18-8(13)6-12/h8H,4-7,13H2,1-3H3,(H,14,15). The van der Waals surface area contributed by atoms with Crippen molar-refractivity contribution in [2.45, 2.75) is 51.0 Å². The van der Waals surface area contributed by atoms with Gasteiger partial charge < -0.3 is 15.6 Å². The Kier molecular flexibility index (Phi) is 4.66. The van der Waals surface area contributed by atoms with Crippen LogP contribution in [0.3, 0.4) is 0 Å². The fourth-order valence-electron chi connectivity index (χ4n) is 2.05. The summed E-state index contributed by atoms with van der Waals surface area (Å²) in [6, 6.07) is 0. The van der Waals surface area contributed by atoms with E-state index in [1.807, 2.05) is 0 Å². The Morgan fingerprint density at radius 3 is 2.56 bits per heavy atom. The van der Waals surface area contributed by atoms with Crippen LogP contribution < -0.4 is 5.73 Å². The summed E-state index contributed by atoms with van der Waals surface area (Å²) >= 11 is 1.56. The van der Waals surface area contributed by atoms with Gasteiger partial charge in [-0.1, -0.05) is 0 Å². The number of thioether (sulfide) groups is 1. The van der Waals surface area contributed by atoms with Crippen LogP contribution in [0.1, 0.15) is 40.0 Å². The van der Waals surface area contributed by atoms with Crippen molar-refractivity contribution in [3.8, 4) is 0 Å². The van der Waals surface area contributed by atoms with Crippen molar-refractivity contribution >= 4 is 23.7 Å². The second-order valence-corrected chi connectivity index (χ2v) is 7.06. The van der Waals surface area contributed by atoms with Gasteiger partial charge in [0.05, 0.1) is 17.2 Å². The molecule has 0 aromatic rings. The Balaban J connectivity index is 2.89. The largest absolute Gasteiger partial charge is 0.481 e. The van der Waals surface area contributed by atoms with Gasteiger partial charge in [0, 0.05) is 0 Å². The Morgan fingerprint density at radius 1 is 1.50 bits per heavy atom. The van der Waals surface area contributed by atoms with Crippen molar-refractivity contribution in [2.75, 3.05) is 5.75 Å². The van der Waals surface area contributed by atoms with Gasteiger partial charge in [-0.25, -0.2) is 0 Å². The van der Waals surface area contributed by atoms with E-state index in [1.54, 1.807) is 32.5 Å². The van der Waals surface area contributed by atoms with Crippen LogP contribution in [0.2, 0.25) is 0 Å². The van der Waals surface area contributed by atoms with Crippen molar-refractivity contribution in [3.63, 3.8) is 0 Å². The summed E-state index contributed by atoms with van der Waals surface area (Å²) in [6.07, 6.45) is 0.654. The molecule has 0 saturated carbocycles. The molecule has 0 aromatic heterocycles. The number of aliphatic carboxylic acids is 1. The van der Waals surface area contributed by atoms with E-state index in [0.29, 0.717) is 18.6 Å². The molecule has 5 nitrogen and oxygen atoms in total. The van der Waals surface area contributed by atoms with Crippen molar-refractivity contribution in [1.29, 1.82) is 0 Å². The highest BCUT2D eigenvalue weighted by Gasteiger charge is 2.46. The monoisotopic (exact) mass is 275 g/mol. The zero-order valence-electron chi connectivity index (χ0n) is 11.1. The SMILES string of the molecule is CC(C)(C)OC(=O)C1(CC(=O)O)CCSC(N)C1. The zero-order valence-corrected chi connectivity index (χ0v) is 11.9. The zero-order chi connectivity index (χ0) is 14.0. The molecule has 0 amide bonds. The first-order valence-electron chi connectivity index (χ1n) is 5.97. The molecule has 3 N–H and O–H groups in total. The van der Waals surface area contributed by atoms with Crippen LogP contribution in [0.5, 0.6) is 0 Å². The van der Waals surface area contributed by atoms with Gasteiger partial charge in [0.2, 0.25) is 0 Å². The molecule has 0 bridgehead atoms. The van der Waals surface area contributed by atoms with Gasteiger partial charge in [-0.3, -0.25) is 9.59 Å². The minimum Gasteiger partial charge on any atom is -0.481 e. The quantitative estimate of drug-likeness (QED) is 0.760. The van der Waals surface area contributed by atoms with Crippen molar-refractivity contribution in [3.05, 3.63) is 0 Å². The highest BCUT2D eigenvalue weighted by Crippen LogP contribution is 2.42. The molecule has 1 saturated heterocycles. The van der Waals surface area contributed by atoms with Crippen molar-refractivity contribution in [1.82, 2.24) is 0 Å². The lowest BCUT2D eigenvalue weighted by atomic mass is 9.78. The van der Waals surface area contributed by atoms with Gasteiger partial charge in [0.15, 0.2) is 0 Å². The molecule has 104 valence electrons. The molecule has 0 aliphatic carbocycles. The number of ether oxygens (including phenoxy) is 1. The Labute approximate surface area is 111 Å². The first-order chi connectivity index (χ1) is 8.15. The Hall–Kier alpha value is -0.750. The first-order valence-corrected chi connectivity index (χ1v) is 7.02. The lowest BCUT2D eigenvalue weighted by Gasteiger charge is -2.38. The number of carbonyl (C=O) groups excluding carboxylic acids is 1. The van der Waals surface area contributed by atoms with Crippen LogP contribution in [0.25, 0.3) is 0 Å². The molecular weight excluding hydrogens is 254 g/mol. The van der Waals surface area contributed by atoms with E-state index < -0.39 is 23.0 Å². The van der Waals surface area contributed by atoms with E-state index in [2.05, 4.69) is 0 Å². The molecule has 0 radical (unpaired) electrons.